The van der Waals surface area contributed by atoms with Crippen molar-refractivity contribution in [1.82, 2.24) is 5.16 Å². The molecule has 0 fully saturated rings. The minimum Gasteiger partial charge on any atom is -0.477 e. The number of hydrogen-bond acceptors (Lipinski definition) is 4. The molecule has 0 amide bonds. The maximum absolute atomic E-state index is 10.9. The molecule has 0 unspecified atom stereocenters. The zero-order valence-electron chi connectivity index (χ0n) is 8.27. The van der Waals surface area contributed by atoms with Gasteiger partial charge >= 0.3 is 5.97 Å². The largest absolute Gasteiger partial charge is 0.477 e. The molecule has 4 nitrogen and oxygen atoms in total. The van der Waals surface area contributed by atoms with E-state index in [-0.39, 0.29) is 5.56 Å². The number of carboxylic acid groups (broad SMARTS) is 1. The van der Waals surface area contributed by atoms with E-state index in [1.165, 1.54) is 6.20 Å². The second kappa shape index (κ2) is 3.51. The Morgan fingerprint density at radius 3 is 2.80 bits per heavy atom. The summed E-state index contributed by atoms with van der Waals surface area (Å²) in [6.45, 7) is 3.90. The smallest absolute Gasteiger partial charge is 0.341 e. The van der Waals surface area contributed by atoms with Crippen molar-refractivity contribution in [3.8, 4) is 11.3 Å². The van der Waals surface area contributed by atoms with E-state index in [0.717, 1.165) is 15.3 Å². The van der Waals surface area contributed by atoms with Gasteiger partial charge < -0.3 is 9.63 Å². The normalized spacial score (nSPS) is 10.5. The Balaban J connectivity index is 2.58. The van der Waals surface area contributed by atoms with Gasteiger partial charge in [-0.2, -0.15) is 0 Å². The van der Waals surface area contributed by atoms with Crippen molar-refractivity contribution >= 4 is 17.3 Å². The molecule has 0 bridgehead atoms. The van der Waals surface area contributed by atoms with Crippen LogP contribution in [0.4, 0.5) is 0 Å². The summed E-state index contributed by atoms with van der Waals surface area (Å²) in [6.07, 6.45) is 1.23. The zero-order valence-corrected chi connectivity index (χ0v) is 9.09. The fourth-order valence-electron chi connectivity index (χ4n) is 1.44. The number of rotatable bonds is 2. The third kappa shape index (κ3) is 1.66. The number of hydrogen-bond donors (Lipinski definition) is 1. The molecule has 0 aromatic carbocycles. The lowest BCUT2D eigenvalue weighted by Gasteiger charge is -1.94. The summed E-state index contributed by atoms with van der Waals surface area (Å²) in [5.74, 6) is -0.682. The van der Waals surface area contributed by atoms with Crippen LogP contribution in [-0.4, -0.2) is 16.2 Å². The van der Waals surface area contributed by atoms with Crippen LogP contribution in [0.25, 0.3) is 11.3 Å². The van der Waals surface area contributed by atoms with Crippen molar-refractivity contribution in [3.63, 3.8) is 0 Å². The summed E-state index contributed by atoms with van der Waals surface area (Å²) >= 11 is 1.61. The van der Waals surface area contributed by atoms with Gasteiger partial charge in [0.25, 0.3) is 0 Å². The van der Waals surface area contributed by atoms with Crippen LogP contribution < -0.4 is 0 Å². The van der Waals surface area contributed by atoms with Crippen LogP contribution in [-0.2, 0) is 0 Å². The van der Waals surface area contributed by atoms with Gasteiger partial charge in [-0.05, 0) is 19.9 Å². The van der Waals surface area contributed by atoms with Gasteiger partial charge in [-0.15, -0.1) is 11.3 Å². The van der Waals surface area contributed by atoms with Gasteiger partial charge in [0.05, 0.1) is 6.20 Å². The zero-order chi connectivity index (χ0) is 11.0. The van der Waals surface area contributed by atoms with Gasteiger partial charge in [-0.25, -0.2) is 4.79 Å². The Labute approximate surface area is 90.1 Å². The first-order chi connectivity index (χ1) is 7.09. The molecule has 0 spiro atoms. The van der Waals surface area contributed by atoms with Crippen molar-refractivity contribution in [1.29, 1.82) is 0 Å². The predicted octanol–water partition coefficient (Wildman–Crippen LogP) is 2.72. The van der Waals surface area contributed by atoms with Gasteiger partial charge in [0.1, 0.15) is 5.56 Å². The molecule has 1 N–H and O–H groups in total. The standard InChI is InChI=1S/C10H9NO3S/c1-5-3-7(6(2)15-5)9-8(10(12)13)4-11-14-9/h3-4H,1-2H3,(H,12,13). The average molecular weight is 223 g/mol. The molecule has 2 aromatic rings. The quantitative estimate of drug-likeness (QED) is 0.850. The van der Waals surface area contributed by atoms with Crippen LogP contribution in [0.2, 0.25) is 0 Å². The second-order valence-electron chi connectivity index (χ2n) is 3.20. The van der Waals surface area contributed by atoms with Crippen LogP contribution in [0, 0.1) is 13.8 Å². The van der Waals surface area contributed by atoms with E-state index in [1.807, 2.05) is 19.9 Å². The van der Waals surface area contributed by atoms with Gasteiger partial charge in [-0.3, -0.25) is 0 Å². The molecular weight excluding hydrogens is 214 g/mol. The number of thiophene rings is 1. The molecular formula is C10H9NO3S. The number of carboxylic acids is 1. The molecule has 0 radical (unpaired) electrons. The van der Waals surface area contributed by atoms with E-state index in [9.17, 15) is 4.79 Å². The average Bonchev–Trinajstić information content (AvgIpc) is 2.71. The lowest BCUT2D eigenvalue weighted by molar-refractivity contribution is 0.0697. The lowest BCUT2D eigenvalue weighted by atomic mass is 10.1. The molecule has 2 rings (SSSR count). The monoisotopic (exact) mass is 223 g/mol. The number of nitrogens with zero attached hydrogens (tertiary/aromatic N) is 1. The number of aromatic carboxylic acids is 1. The first-order valence-corrected chi connectivity index (χ1v) is 5.16. The Hall–Kier alpha value is -1.62. The number of carbonyl (C=O) groups is 1. The van der Waals surface area contributed by atoms with E-state index in [0.29, 0.717) is 5.76 Å². The van der Waals surface area contributed by atoms with Gasteiger partial charge in [0.15, 0.2) is 5.76 Å². The van der Waals surface area contributed by atoms with E-state index >= 15 is 0 Å². The molecule has 0 aliphatic heterocycles. The van der Waals surface area contributed by atoms with Gasteiger partial charge in [0, 0.05) is 15.3 Å². The SMILES string of the molecule is Cc1cc(-c2oncc2C(=O)O)c(C)s1. The van der Waals surface area contributed by atoms with Crippen LogP contribution in [0.1, 0.15) is 20.1 Å². The van der Waals surface area contributed by atoms with Crippen LogP contribution >= 0.6 is 11.3 Å². The number of aromatic nitrogens is 1. The van der Waals surface area contributed by atoms with E-state index in [2.05, 4.69) is 5.16 Å². The third-order valence-electron chi connectivity index (χ3n) is 2.09. The minimum atomic E-state index is -1.02. The highest BCUT2D eigenvalue weighted by Crippen LogP contribution is 2.32. The van der Waals surface area contributed by atoms with Crippen molar-refractivity contribution < 1.29 is 14.4 Å². The fourth-order valence-corrected chi connectivity index (χ4v) is 2.36. The first-order valence-electron chi connectivity index (χ1n) is 4.35. The van der Waals surface area contributed by atoms with E-state index in [4.69, 9.17) is 9.63 Å². The molecule has 2 aromatic heterocycles. The maximum atomic E-state index is 10.9. The Kier molecular flexibility index (Phi) is 2.32. The second-order valence-corrected chi connectivity index (χ2v) is 4.66. The molecule has 15 heavy (non-hydrogen) atoms. The van der Waals surface area contributed by atoms with E-state index in [1.54, 1.807) is 11.3 Å². The van der Waals surface area contributed by atoms with Crippen LogP contribution in [0.15, 0.2) is 16.8 Å². The highest BCUT2D eigenvalue weighted by Gasteiger charge is 2.19. The summed E-state index contributed by atoms with van der Waals surface area (Å²) in [6, 6.07) is 1.91. The summed E-state index contributed by atoms with van der Waals surface area (Å²) in [5, 5.41) is 12.4. The summed E-state index contributed by atoms with van der Waals surface area (Å²) in [7, 11) is 0. The van der Waals surface area contributed by atoms with Crippen LogP contribution in [0.5, 0.6) is 0 Å². The molecule has 0 atom stereocenters. The molecule has 2 heterocycles. The minimum absolute atomic E-state index is 0.107. The summed E-state index contributed by atoms with van der Waals surface area (Å²) in [4.78, 5) is 13.0. The Morgan fingerprint density at radius 1 is 1.53 bits per heavy atom. The first kappa shape index (κ1) is 9.92. The Bertz CT molecular complexity index is 512. The highest BCUT2D eigenvalue weighted by atomic mass is 32.1. The highest BCUT2D eigenvalue weighted by molar-refractivity contribution is 7.12. The molecule has 0 saturated heterocycles. The summed E-state index contributed by atoms with van der Waals surface area (Å²) < 4.78 is 4.98. The summed E-state index contributed by atoms with van der Waals surface area (Å²) in [5.41, 5.74) is 0.920. The van der Waals surface area contributed by atoms with Crippen molar-refractivity contribution in [2.75, 3.05) is 0 Å². The Morgan fingerprint density at radius 2 is 2.27 bits per heavy atom. The lowest BCUT2D eigenvalue weighted by Crippen LogP contribution is -1.95. The van der Waals surface area contributed by atoms with Crippen molar-refractivity contribution in [2.24, 2.45) is 0 Å². The maximum Gasteiger partial charge on any atom is 0.341 e. The topological polar surface area (TPSA) is 63.3 Å². The van der Waals surface area contributed by atoms with Gasteiger partial charge in [-0.1, -0.05) is 5.16 Å². The predicted molar refractivity (Wildman–Crippen MR) is 56.2 cm³/mol. The van der Waals surface area contributed by atoms with Crippen molar-refractivity contribution in [3.05, 3.63) is 27.6 Å². The molecule has 5 heteroatoms. The number of aryl methyl sites for hydroxylation is 2. The molecule has 0 aliphatic carbocycles. The molecule has 0 aliphatic rings. The van der Waals surface area contributed by atoms with Crippen LogP contribution in [0.3, 0.4) is 0 Å². The third-order valence-corrected chi connectivity index (χ3v) is 3.05. The van der Waals surface area contributed by atoms with Gasteiger partial charge in [0.2, 0.25) is 0 Å². The molecule has 0 saturated carbocycles. The fraction of sp³-hybridized carbons (Fsp3) is 0.200. The molecule has 78 valence electrons. The van der Waals surface area contributed by atoms with E-state index < -0.39 is 5.97 Å². The van der Waals surface area contributed by atoms with Crippen molar-refractivity contribution in [2.45, 2.75) is 13.8 Å².